The van der Waals surface area contributed by atoms with Gasteiger partial charge >= 0.3 is 6.18 Å². The van der Waals surface area contributed by atoms with Crippen molar-refractivity contribution in [3.05, 3.63) is 56.5 Å². The molecule has 0 aliphatic heterocycles. The van der Waals surface area contributed by atoms with Gasteiger partial charge in [-0.25, -0.2) is 0 Å². The van der Waals surface area contributed by atoms with E-state index < -0.39 is 17.6 Å². The van der Waals surface area contributed by atoms with Crippen LogP contribution in [0.15, 0.2) is 40.4 Å². The first-order chi connectivity index (χ1) is 15.0. The van der Waals surface area contributed by atoms with Crippen LogP contribution in [0.25, 0.3) is 6.08 Å². The maximum atomic E-state index is 13.0. The van der Waals surface area contributed by atoms with Crippen molar-refractivity contribution in [2.75, 3.05) is 11.9 Å². The average molecular weight is 532 g/mol. The molecule has 0 bridgehead atoms. The Labute approximate surface area is 196 Å². The van der Waals surface area contributed by atoms with Crippen LogP contribution in [0.2, 0.25) is 5.02 Å². The Kier molecular flexibility index (Phi) is 8.58. The second kappa shape index (κ2) is 10.7. The van der Waals surface area contributed by atoms with Gasteiger partial charge in [0.05, 0.1) is 29.0 Å². The Morgan fingerprint density at radius 2 is 1.97 bits per heavy atom. The lowest BCUT2D eigenvalue weighted by Gasteiger charge is -2.16. The molecule has 1 amide bonds. The smallest absolute Gasteiger partial charge is 0.416 e. The topological polar surface area (TPSA) is 71.3 Å². The molecule has 2 aromatic rings. The van der Waals surface area contributed by atoms with Crippen molar-refractivity contribution in [1.82, 2.24) is 0 Å². The van der Waals surface area contributed by atoms with Crippen LogP contribution in [0.4, 0.5) is 18.9 Å². The third-order valence-corrected chi connectivity index (χ3v) is 4.95. The van der Waals surface area contributed by atoms with Gasteiger partial charge in [-0.05, 0) is 62.7 Å². The first kappa shape index (κ1) is 25.6. The van der Waals surface area contributed by atoms with Gasteiger partial charge in [-0.15, -0.1) is 0 Å². The average Bonchev–Trinajstić information content (AvgIpc) is 2.69. The summed E-state index contributed by atoms with van der Waals surface area (Å²) in [6, 6.07) is 7.51. The van der Waals surface area contributed by atoms with Crippen LogP contribution in [0.3, 0.4) is 0 Å². The zero-order chi connectivity index (χ0) is 24.1. The van der Waals surface area contributed by atoms with E-state index in [1.165, 1.54) is 6.08 Å². The molecule has 0 atom stereocenters. The number of carbonyl (C=O) groups excluding carboxylic acids is 1. The van der Waals surface area contributed by atoms with Gasteiger partial charge < -0.3 is 14.8 Å². The maximum absolute atomic E-state index is 13.0. The molecule has 0 fully saturated rings. The van der Waals surface area contributed by atoms with Gasteiger partial charge in [0.1, 0.15) is 11.6 Å². The van der Waals surface area contributed by atoms with Gasteiger partial charge in [0.25, 0.3) is 5.91 Å². The van der Waals surface area contributed by atoms with E-state index in [-0.39, 0.29) is 22.4 Å². The largest absolute Gasteiger partial charge is 0.490 e. The van der Waals surface area contributed by atoms with Crippen LogP contribution in [-0.2, 0) is 11.0 Å². The molecule has 0 heterocycles. The number of carbonyl (C=O) groups is 1. The second-order valence-electron chi connectivity index (χ2n) is 6.74. The maximum Gasteiger partial charge on any atom is 0.416 e. The lowest BCUT2D eigenvalue weighted by atomic mass is 10.1. The van der Waals surface area contributed by atoms with Gasteiger partial charge in [0.15, 0.2) is 11.5 Å². The van der Waals surface area contributed by atoms with E-state index in [2.05, 4.69) is 21.2 Å². The van der Waals surface area contributed by atoms with Gasteiger partial charge in [-0.3, -0.25) is 4.79 Å². The predicted molar refractivity (Wildman–Crippen MR) is 120 cm³/mol. The minimum atomic E-state index is -4.61. The highest BCUT2D eigenvalue weighted by Crippen LogP contribution is 2.36. The molecule has 0 saturated heterocycles. The number of halogens is 5. The molecule has 170 valence electrons. The number of nitrogens with one attached hydrogen (secondary N) is 1. The van der Waals surface area contributed by atoms with E-state index in [0.717, 1.165) is 12.1 Å². The monoisotopic (exact) mass is 530 g/mol. The van der Waals surface area contributed by atoms with E-state index in [0.29, 0.717) is 34.2 Å². The van der Waals surface area contributed by atoms with E-state index in [1.54, 1.807) is 25.1 Å². The van der Waals surface area contributed by atoms with E-state index in [9.17, 15) is 23.2 Å². The Hall–Kier alpha value is -2.70. The van der Waals surface area contributed by atoms with E-state index in [1.807, 2.05) is 13.8 Å². The number of alkyl halides is 3. The highest BCUT2D eigenvalue weighted by molar-refractivity contribution is 9.10. The van der Waals surface area contributed by atoms with E-state index >= 15 is 0 Å². The molecular weight excluding hydrogens is 513 g/mol. The Bertz CT molecular complexity index is 1080. The van der Waals surface area contributed by atoms with Crippen LogP contribution in [-0.4, -0.2) is 18.6 Å². The van der Waals surface area contributed by atoms with Crippen LogP contribution < -0.4 is 14.8 Å². The first-order valence-corrected chi connectivity index (χ1v) is 10.6. The lowest BCUT2D eigenvalue weighted by molar-refractivity contribution is -0.137. The zero-order valence-electron chi connectivity index (χ0n) is 17.3. The summed E-state index contributed by atoms with van der Waals surface area (Å²) in [6.07, 6.45) is -3.44. The Morgan fingerprint density at radius 3 is 2.53 bits per heavy atom. The molecule has 0 radical (unpaired) electrons. The van der Waals surface area contributed by atoms with Crippen LogP contribution in [0, 0.1) is 11.3 Å². The summed E-state index contributed by atoms with van der Waals surface area (Å²) >= 11 is 9.29. The summed E-state index contributed by atoms with van der Waals surface area (Å²) in [6.45, 7) is 5.87. The standard InChI is InChI=1S/C22H19BrClF3N2O3/c1-4-31-19-8-13(16(23)10-20(19)32-12(2)3)7-14(11-28)21(30)29-18-9-15(22(25,26)27)5-6-17(18)24/h5-10,12H,4H2,1-3H3,(H,29,30). The van der Waals surface area contributed by atoms with Gasteiger partial charge in [0, 0.05) is 4.47 Å². The highest BCUT2D eigenvalue weighted by Gasteiger charge is 2.31. The minimum Gasteiger partial charge on any atom is -0.490 e. The quantitative estimate of drug-likeness (QED) is 0.313. The molecule has 0 saturated carbocycles. The summed E-state index contributed by atoms with van der Waals surface area (Å²) < 4.78 is 50.7. The summed E-state index contributed by atoms with van der Waals surface area (Å²) in [5.41, 5.74) is -1.16. The first-order valence-electron chi connectivity index (χ1n) is 9.39. The van der Waals surface area contributed by atoms with Crippen LogP contribution in [0.5, 0.6) is 11.5 Å². The number of benzene rings is 2. The molecule has 5 nitrogen and oxygen atoms in total. The third kappa shape index (κ3) is 6.65. The summed E-state index contributed by atoms with van der Waals surface area (Å²) in [7, 11) is 0. The van der Waals surface area contributed by atoms with E-state index in [4.69, 9.17) is 21.1 Å². The molecule has 0 aliphatic rings. The number of hydrogen-bond donors (Lipinski definition) is 1. The fraction of sp³-hybridized carbons (Fsp3) is 0.273. The molecule has 0 spiro atoms. The van der Waals surface area contributed by atoms with Crippen molar-refractivity contribution >= 4 is 45.2 Å². The van der Waals surface area contributed by atoms with Crippen molar-refractivity contribution in [1.29, 1.82) is 5.26 Å². The molecule has 32 heavy (non-hydrogen) atoms. The van der Waals surface area contributed by atoms with Gasteiger partial charge in [-0.1, -0.05) is 27.5 Å². The SMILES string of the molecule is CCOc1cc(C=C(C#N)C(=O)Nc2cc(C(F)(F)F)ccc2Cl)c(Br)cc1OC(C)C. The number of anilines is 1. The number of nitriles is 1. The van der Waals surface area contributed by atoms with Crippen molar-refractivity contribution in [2.24, 2.45) is 0 Å². The summed E-state index contributed by atoms with van der Waals surface area (Å²) in [4.78, 5) is 12.6. The normalized spacial score (nSPS) is 11.8. The fourth-order valence-electron chi connectivity index (χ4n) is 2.57. The van der Waals surface area contributed by atoms with Crippen LogP contribution in [0.1, 0.15) is 31.9 Å². The molecule has 10 heteroatoms. The molecular formula is C22H19BrClF3N2O3. The van der Waals surface area contributed by atoms with Crippen LogP contribution >= 0.6 is 27.5 Å². The van der Waals surface area contributed by atoms with Crippen molar-refractivity contribution in [2.45, 2.75) is 33.1 Å². The van der Waals surface area contributed by atoms with Crippen molar-refractivity contribution < 1.29 is 27.4 Å². The second-order valence-corrected chi connectivity index (χ2v) is 8.00. The number of nitrogens with zero attached hydrogens (tertiary/aromatic N) is 1. The molecule has 1 N–H and O–H groups in total. The molecule has 0 aliphatic carbocycles. The van der Waals surface area contributed by atoms with Crippen molar-refractivity contribution in [3.63, 3.8) is 0 Å². The molecule has 2 rings (SSSR count). The summed E-state index contributed by atoms with van der Waals surface area (Å²) in [5, 5.41) is 11.6. The van der Waals surface area contributed by atoms with Gasteiger partial charge in [0.2, 0.25) is 0 Å². The zero-order valence-corrected chi connectivity index (χ0v) is 19.7. The molecule has 2 aromatic carbocycles. The highest BCUT2D eigenvalue weighted by atomic mass is 79.9. The third-order valence-electron chi connectivity index (χ3n) is 3.93. The van der Waals surface area contributed by atoms with Gasteiger partial charge in [-0.2, -0.15) is 18.4 Å². The number of rotatable bonds is 7. The number of ether oxygens (including phenoxy) is 2. The Balaban J connectivity index is 2.40. The molecule has 0 aromatic heterocycles. The number of amides is 1. The minimum absolute atomic E-state index is 0.0985. The molecule has 0 unspecified atom stereocenters. The summed E-state index contributed by atoms with van der Waals surface area (Å²) in [5.74, 6) is -0.0278. The predicted octanol–water partition coefficient (Wildman–Crippen LogP) is 6.85. The fourth-order valence-corrected chi connectivity index (χ4v) is 3.17. The lowest BCUT2D eigenvalue weighted by Crippen LogP contribution is -2.15. The number of hydrogen-bond acceptors (Lipinski definition) is 4. The van der Waals surface area contributed by atoms with Crippen molar-refractivity contribution in [3.8, 4) is 17.6 Å². The Morgan fingerprint density at radius 1 is 1.28 bits per heavy atom.